The molecule has 1 fully saturated rings. The molecule has 2 rings (SSSR count). The monoisotopic (exact) mass is 221 g/mol. The molecule has 4 nitrogen and oxygen atoms in total. The minimum atomic E-state index is 0.580. The van der Waals surface area contributed by atoms with Crippen molar-refractivity contribution >= 4 is 11.6 Å². The van der Waals surface area contributed by atoms with Crippen LogP contribution in [0.1, 0.15) is 12.8 Å². The molecule has 4 heteroatoms. The molecule has 0 aromatic carbocycles. The summed E-state index contributed by atoms with van der Waals surface area (Å²) >= 11 is 0. The normalized spacial score (nSPS) is 17.3. The Kier molecular flexibility index (Phi) is 3.62. The average Bonchev–Trinajstić information content (AvgIpc) is 2.30. The van der Waals surface area contributed by atoms with Gasteiger partial charge in [0, 0.05) is 26.8 Å². The topological polar surface area (TPSA) is 51.4 Å². The van der Waals surface area contributed by atoms with Gasteiger partial charge in [-0.2, -0.15) is 0 Å². The zero-order valence-corrected chi connectivity index (χ0v) is 9.72. The zero-order chi connectivity index (χ0) is 11.4. The number of pyridine rings is 1. The Balaban J connectivity index is 1.94. The van der Waals surface area contributed by atoms with E-state index in [0.29, 0.717) is 11.7 Å². The predicted molar refractivity (Wildman–Crippen MR) is 65.5 cm³/mol. The van der Waals surface area contributed by atoms with Crippen LogP contribution in [0, 0.1) is 5.92 Å². The highest BCUT2D eigenvalue weighted by atomic mass is 16.5. The number of hydrogen-bond donors (Lipinski definition) is 1. The first-order valence-electron chi connectivity index (χ1n) is 5.77. The van der Waals surface area contributed by atoms with Crippen molar-refractivity contribution in [3.63, 3.8) is 0 Å². The van der Waals surface area contributed by atoms with Crippen LogP contribution in [-0.4, -0.2) is 31.8 Å². The van der Waals surface area contributed by atoms with Crippen LogP contribution in [0.25, 0.3) is 0 Å². The molecule has 1 aromatic heterocycles. The van der Waals surface area contributed by atoms with Gasteiger partial charge in [0.25, 0.3) is 0 Å². The maximum Gasteiger partial charge on any atom is 0.130 e. The molecule has 0 atom stereocenters. The van der Waals surface area contributed by atoms with Crippen LogP contribution >= 0.6 is 0 Å². The molecule has 88 valence electrons. The summed E-state index contributed by atoms with van der Waals surface area (Å²) in [6, 6.07) is 5.75. The lowest BCUT2D eigenvalue weighted by Crippen LogP contribution is -2.30. The molecule has 1 aliphatic heterocycles. The quantitative estimate of drug-likeness (QED) is 0.841. The molecule has 0 amide bonds. The van der Waals surface area contributed by atoms with Crippen LogP contribution in [0.3, 0.4) is 0 Å². The third-order valence-electron chi connectivity index (χ3n) is 3.02. The fraction of sp³-hybridized carbons (Fsp3) is 0.583. The highest BCUT2D eigenvalue weighted by Crippen LogP contribution is 2.18. The van der Waals surface area contributed by atoms with Gasteiger partial charge in [0.15, 0.2) is 0 Å². The molecule has 1 saturated heterocycles. The van der Waals surface area contributed by atoms with Crippen molar-refractivity contribution in [1.29, 1.82) is 0 Å². The van der Waals surface area contributed by atoms with Crippen LogP contribution in [-0.2, 0) is 4.74 Å². The lowest BCUT2D eigenvalue weighted by molar-refractivity contribution is 0.0685. The van der Waals surface area contributed by atoms with Gasteiger partial charge in [0.05, 0.1) is 0 Å². The Morgan fingerprint density at radius 1 is 1.44 bits per heavy atom. The van der Waals surface area contributed by atoms with Gasteiger partial charge in [0.2, 0.25) is 0 Å². The Bertz CT molecular complexity index is 337. The molecule has 0 spiro atoms. The summed E-state index contributed by atoms with van der Waals surface area (Å²) in [4.78, 5) is 6.48. The molecular weight excluding hydrogens is 202 g/mol. The van der Waals surface area contributed by atoms with E-state index < -0.39 is 0 Å². The van der Waals surface area contributed by atoms with E-state index in [4.69, 9.17) is 10.5 Å². The van der Waals surface area contributed by atoms with E-state index in [9.17, 15) is 0 Å². The van der Waals surface area contributed by atoms with E-state index >= 15 is 0 Å². The van der Waals surface area contributed by atoms with Gasteiger partial charge in [-0.1, -0.05) is 6.07 Å². The van der Waals surface area contributed by atoms with E-state index in [0.717, 1.165) is 38.4 Å². The van der Waals surface area contributed by atoms with Crippen molar-refractivity contribution in [2.45, 2.75) is 12.8 Å². The number of nitrogens with zero attached hydrogens (tertiary/aromatic N) is 2. The minimum Gasteiger partial charge on any atom is -0.384 e. The fourth-order valence-electron chi connectivity index (χ4n) is 2.06. The van der Waals surface area contributed by atoms with Gasteiger partial charge >= 0.3 is 0 Å². The largest absolute Gasteiger partial charge is 0.384 e. The molecule has 0 unspecified atom stereocenters. The van der Waals surface area contributed by atoms with Gasteiger partial charge in [-0.3, -0.25) is 0 Å². The van der Waals surface area contributed by atoms with Crippen molar-refractivity contribution in [1.82, 2.24) is 4.98 Å². The standard InChI is InChI=1S/C12H19N3O/c1-15(9-10-5-7-16-8-6-10)12-4-2-3-11(13)14-12/h2-4,10H,5-9H2,1H3,(H2,13,14). The lowest BCUT2D eigenvalue weighted by atomic mass is 10.00. The summed E-state index contributed by atoms with van der Waals surface area (Å²) in [6.45, 7) is 2.81. The van der Waals surface area contributed by atoms with E-state index in [2.05, 4.69) is 16.9 Å². The summed E-state index contributed by atoms with van der Waals surface area (Å²) in [6.07, 6.45) is 2.29. The van der Waals surface area contributed by atoms with Gasteiger partial charge in [-0.15, -0.1) is 0 Å². The molecule has 16 heavy (non-hydrogen) atoms. The second-order valence-corrected chi connectivity index (χ2v) is 4.36. The predicted octanol–water partition coefficient (Wildman–Crippen LogP) is 1.53. The summed E-state index contributed by atoms with van der Waals surface area (Å²) in [7, 11) is 2.07. The van der Waals surface area contributed by atoms with Crippen LogP contribution in [0.4, 0.5) is 11.6 Å². The van der Waals surface area contributed by atoms with Crippen LogP contribution in [0.15, 0.2) is 18.2 Å². The molecular formula is C12H19N3O. The molecule has 0 bridgehead atoms. The Morgan fingerprint density at radius 3 is 2.88 bits per heavy atom. The first-order chi connectivity index (χ1) is 7.75. The number of nitrogens with two attached hydrogens (primary N) is 1. The maximum absolute atomic E-state index is 5.67. The Hall–Kier alpha value is -1.29. The van der Waals surface area contributed by atoms with Gasteiger partial charge in [0.1, 0.15) is 11.6 Å². The lowest BCUT2D eigenvalue weighted by Gasteiger charge is -2.27. The fourth-order valence-corrected chi connectivity index (χ4v) is 2.06. The van der Waals surface area contributed by atoms with Crippen LogP contribution < -0.4 is 10.6 Å². The number of hydrogen-bond acceptors (Lipinski definition) is 4. The second kappa shape index (κ2) is 5.16. The Labute approximate surface area is 96.4 Å². The summed E-state index contributed by atoms with van der Waals surface area (Å²) in [5.41, 5.74) is 5.67. The van der Waals surface area contributed by atoms with Crippen molar-refractivity contribution in [3.8, 4) is 0 Å². The van der Waals surface area contributed by atoms with E-state index in [1.54, 1.807) is 0 Å². The average molecular weight is 221 g/mol. The minimum absolute atomic E-state index is 0.580. The molecule has 1 aliphatic rings. The van der Waals surface area contributed by atoms with E-state index in [1.807, 2.05) is 18.2 Å². The summed E-state index contributed by atoms with van der Waals surface area (Å²) in [5, 5.41) is 0. The maximum atomic E-state index is 5.67. The SMILES string of the molecule is CN(CC1CCOCC1)c1cccc(N)n1. The molecule has 0 saturated carbocycles. The molecule has 0 radical (unpaired) electrons. The number of aromatic nitrogens is 1. The van der Waals surface area contributed by atoms with Crippen molar-refractivity contribution in [2.24, 2.45) is 5.92 Å². The number of rotatable bonds is 3. The van der Waals surface area contributed by atoms with Crippen molar-refractivity contribution < 1.29 is 4.74 Å². The van der Waals surface area contributed by atoms with Gasteiger partial charge in [-0.05, 0) is 30.9 Å². The molecule has 0 aliphatic carbocycles. The smallest absolute Gasteiger partial charge is 0.130 e. The highest BCUT2D eigenvalue weighted by molar-refractivity contribution is 5.44. The van der Waals surface area contributed by atoms with Crippen molar-refractivity contribution in [2.75, 3.05) is 37.4 Å². The van der Waals surface area contributed by atoms with E-state index in [1.165, 1.54) is 0 Å². The second-order valence-electron chi connectivity index (χ2n) is 4.36. The highest BCUT2D eigenvalue weighted by Gasteiger charge is 2.16. The van der Waals surface area contributed by atoms with E-state index in [-0.39, 0.29) is 0 Å². The first kappa shape index (κ1) is 11.2. The third kappa shape index (κ3) is 2.85. The van der Waals surface area contributed by atoms with Gasteiger partial charge in [-0.25, -0.2) is 4.98 Å². The molecule has 2 N–H and O–H groups in total. The van der Waals surface area contributed by atoms with Crippen LogP contribution in [0.5, 0.6) is 0 Å². The molecule has 1 aromatic rings. The number of nitrogen functional groups attached to an aromatic ring is 1. The van der Waals surface area contributed by atoms with Crippen LogP contribution in [0.2, 0.25) is 0 Å². The van der Waals surface area contributed by atoms with Gasteiger partial charge < -0.3 is 15.4 Å². The Morgan fingerprint density at radius 2 is 2.19 bits per heavy atom. The molecule has 2 heterocycles. The first-order valence-corrected chi connectivity index (χ1v) is 5.77. The number of anilines is 2. The van der Waals surface area contributed by atoms with Crippen molar-refractivity contribution in [3.05, 3.63) is 18.2 Å². The third-order valence-corrected chi connectivity index (χ3v) is 3.02. The number of ether oxygens (including phenoxy) is 1. The summed E-state index contributed by atoms with van der Waals surface area (Å²) in [5.74, 6) is 2.24. The summed E-state index contributed by atoms with van der Waals surface area (Å²) < 4.78 is 5.35. The zero-order valence-electron chi connectivity index (χ0n) is 9.72.